The first-order chi connectivity index (χ1) is 9.76. The smallest absolute Gasteiger partial charge is 0.101 e. The Hall–Kier alpha value is -2.27. The van der Waals surface area contributed by atoms with Crippen LogP contribution in [0.2, 0.25) is 0 Å². The quantitative estimate of drug-likeness (QED) is 0.892. The van der Waals surface area contributed by atoms with E-state index in [0.29, 0.717) is 6.04 Å². The maximum Gasteiger partial charge on any atom is 0.101 e. The first-order valence-electron chi connectivity index (χ1n) is 7.10. The Labute approximate surface area is 120 Å². The Morgan fingerprint density at radius 2 is 1.95 bits per heavy atom. The SMILES string of the molecule is Cc1ccc(NC2CCc3ccccc3C2)c(C#N)c1. The fourth-order valence-electron chi connectivity index (χ4n) is 2.92. The van der Waals surface area contributed by atoms with Crippen molar-refractivity contribution in [2.45, 2.75) is 32.2 Å². The first-order valence-corrected chi connectivity index (χ1v) is 7.10. The van der Waals surface area contributed by atoms with E-state index in [1.54, 1.807) is 0 Å². The van der Waals surface area contributed by atoms with E-state index in [1.165, 1.54) is 11.1 Å². The standard InChI is InChI=1S/C18H18N2/c1-13-6-9-18(16(10-13)12-19)20-17-8-7-14-4-2-3-5-15(14)11-17/h2-6,9-10,17,20H,7-8,11H2,1H3. The molecule has 2 nitrogen and oxygen atoms in total. The Bertz CT molecular complexity index is 667. The van der Waals surface area contributed by atoms with E-state index >= 15 is 0 Å². The summed E-state index contributed by atoms with van der Waals surface area (Å²) in [5.74, 6) is 0. The van der Waals surface area contributed by atoms with Crippen LogP contribution in [-0.4, -0.2) is 6.04 Å². The summed E-state index contributed by atoms with van der Waals surface area (Å²) in [6.07, 6.45) is 3.27. The molecule has 0 radical (unpaired) electrons. The fourth-order valence-corrected chi connectivity index (χ4v) is 2.92. The summed E-state index contributed by atoms with van der Waals surface area (Å²) in [5, 5.41) is 12.8. The predicted molar refractivity (Wildman–Crippen MR) is 81.8 cm³/mol. The number of nitrogens with one attached hydrogen (secondary N) is 1. The van der Waals surface area contributed by atoms with E-state index < -0.39 is 0 Å². The molecular weight excluding hydrogens is 244 g/mol. The average molecular weight is 262 g/mol. The lowest BCUT2D eigenvalue weighted by Gasteiger charge is -2.26. The van der Waals surface area contributed by atoms with Crippen molar-refractivity contribution in [1.82, 2.24) is 0 Å². The maximum atomic E-state index is 9.24. The van der Waals surface area contributed by atoms with Crippen molar-refractivity contribution in [3.63, 3.8) is 0 Å². The van der Waals surface area contributed by atoms with Gasteiger partial charge in [-0.15, -0.1) is 0 Å². The zero-order valence-electron chi connectivity index (χ0n) is 11.7. The summed E-state index contributed by atoms with van der Waals surface area (Å²) >= 11 is 0. The molecule has 0 amide bonds. The van der Waals surface area contributed by atoms with E-state index in [9.17, 15) is 5.26 Å². The van der Waals surface area contributed by atoms with E-state index in [2.05, 4.69) is 41.7 Å². The highest BCUT2D eigenvalue weighted by Gasteiger charge is 2.18. The van der Waals surface area contributed by atoms with Crippen molar-refractivity contribution in [2.24, 2.45) is 0 Å². The van der Waals surface area contributed by atoms with Crippen LogP contribution in [-0.2, 0) is 12.8 Å². The number of nitrogens with zero attached hydrogens (tertiary/aromatic N) is 1. The number of aryl methyl sites for hydroxylation is 2. The predicted octanol–water partition coefficient (Wildman–Crippen LogP) is 3.84. The summed E-state index contributed by atoms with van der Waals surface area (Å²) in [5.41, 5.74) is 5.73. The van der Waals surface area contributed by atoms with Crippen LogP contribution < -0.4 is 5.32 Å². The molecule has 2 aromatic carbocycles. The zero-order chi connectivity index (χ0) is 13.9. The maximum absolute atomic E-state index is 9.24. The van der Waals surface area contributed by atoms with Crippen LogP contribution in [0, 0.1) is 18.3 Å². The second-order valence-electron chi connectivity index (χ2n) is 5.51. The monoisotopic (exact) mass is 262 g/mol. The number of nitriles is 1. The highest BCUT2D eigenvalue weighted by atomic mass is 14.9. The number of anilines is 1. The second kappa shape index (κ2) is 5.38. The number of rotatable bonds is 2. The van der Waals surface area contributed by atoms with Crippen LogP contribution in [0.3, 0.4) is 0 Å². The minimum absolute atomic E-state index is 0.416. The van der Waals surface area contributed by atoms with Gasteiger partial charge in [-0.1, -0.05) is 30.3 Å². The van der Waals surface area contributed by atoms with Gasteiger partial charge in [-0.3, -0.25) is 0 Å². The average Bonchev–Trinajstić information content (AvgIpc) is 2.49. The molecule has 0 aromatic heterocycles. The van der Waals surface area contributed by atoms with E-state index in [4.69, 9.17) is 0 Å². The van der Waals surface area contributed by atoms with Crippen molar-refractivity contribution < 1.29 is 0 Å². The molecule has 1 aliphatic carbocycles. The van der Waals surface area contributed by atoms with Crippen LogP contribution in [0.1, 0.15) is 28.7 Å². The molecule has 1 atom stereocenters. The van der Waals surface area contributed by atoms with Crippen molar-refractivity contribution in [1.29, 1.82) is 5.26 Å². The minimum Gasteiger partial charge on any atom is -0.381 e. The van der Waals surface area contributed by atoms with Crippen LogP contribution in [0.15, 0.2) is 42.5 Å². The largest absolute Gasteiger partial charge is 0.381 e. The van der Waals surface area contributed by atoms with Crippen molar-refractivity contribution in [3.8, 4) is 6.07 Å². The van der Waals surface area contributed by atoms with Crippen LogP contribution in [0.4, 0.5) is 5.69 Å². The summed E-state index contributed by atoms with van der Waals surface area (Å²) in [6.45, 7) is 2.02. The van der Waals surface area contributed by atoms with E-state index in [1.807, 2.05) is 19.1 Å². The van der Waals surface area contributed by atoms with Crippen LogP contribution >= 0.6 is 0 Å². The molecule has 0 aliphatic heterocycles. The van der Waals surface area contributed by atoms with Crippen molar-refractivity contribution in [2.75, 3.05) is 5.32 Å². The topological polar surface area (TPSA) is 35.8 Å². The van der Waals surface area contributed by atoms with Crippen LogP contribution in [0.5, 0.6) is 0 Å². The summed E-state index contributed by atoms with van der Waals surface area (Å²) in [6, 6.07) is 17.4. The molecule has 1 N–H and O–H groups in total. The normalized spacial score (nSPS) is 17.1. The van der Waals surface area contributed by atoms with Gasteiger partial charge in [0, 0.05) is 6.04 Å². The second-order valence-corrected chi connectivity index (χ2v) is 5.51. The molecule has 0 bridgehead atoms. The molecule has 0 spiro atoms. The third-order valence-electron chi connectivity index (χ3n) is 4.00. The van der Waals surface area contributed by atoms with Gasteiger partial charge in [-0.25, -0.2) is 0 Å². The molecule has 0 saturated heterocycles. The lowest BCUT2D eigenvalue weighted by Crippen LogP contribution is -2.27. The number of fused-ring (bicyclic) bond motifs is 1. The van der Waals surface area contributed by atoms with Crippen molar-refractivity contribution in [3.05, 3.63) is 64.7 Å². The third-order valence-corrected chi connectivity index (χ3v) is 4.00. The summed E-state index contributed by atoms with van der Waals surface area (Å²) in [7, 11) is 0. The highest BCUT2D eigenvalue weighted by Crippen LogP contribution is 2.25. The fraction of sp³-hybridized carbons (Fsp3) is 0.278. The van der Waals surface area contributed by atoms with Gasteiger partial charge in [-0.2, -0.15) is 5.26 Å². The summed E-state index contributed by atoms with van der Waals surface area (Å²) in [4.78, 5) is 0. The van der Waals surface area contributed by atoms with E-state index in [-0.39, 0.29) is 0 Å². The molecular formula is C18H18N2. The van der Waals surface area contributed by atoms with E-state index in [0.717, 1.165) is 36.1 Å². The van der Waals surface area contributed by atoms with Gasteiger partial charge < -0.3 is 5.32 Å². The molecule has 100 valence electrons. The minimum atomic E-state index is 0.416. The van der Waals surface area contributed by atoms with Gasteiger partial charge in [0.2, 0.25) is 0 Å². The Kier molecular flexibility index (Phi) is 3.43. The van der Waals surface area contributed by atoms with Gasteiger partial charge in [0.05, 0.1) is 11.3 Å². The third kappa shape index (κ3) is 2.53. The molecule has 20 heavy (non-hydrogen) atoms. The first kappa shape index (κ1) is 12.7. The molecule has 2 aromatic rings. The lowest BCUT2D eigenvalue weighted by atomic mass is 9.88. The van der Waals surface area contributed by atoms with Gasteiger partial charge in [0.1, 0.15) is 6.07 Å². The molecule has 2 heteroatoms. The molecule has 3 rings (SSSR count). The van der Waals surface area contributed by atoms with Gasteiger partial charge in [-0.05, 0) is 55.0 Å². The van der Waals surface area contributed by atoms with Crippen LogP contribution in [0.25, 0.3) is 0 Å². The molecule has 0 fully saturated rings. The molecule has 1 unspecified atom stereocenters. The highest BCUT2D eigenvalue weighted by molar-refractivity contribution is 5.59. The molecule has 0 saturated carbocycles. The number of benzene rings is 2. The zero-order valence-corrected chi connectivity index (χ0v) is 11.7. The Morgan fingerprint density at radius 3 is 2.75 bits per heavy atom. The number of hydrogen-bond donors (Lipinski definition) is 1. The Morgan fingerprint density at radius 1 is 1.15 bits per heavy atom. The van der Waals surface area contributed by atoms with Gasteiger partial charge in [0.25, 0.3) is 0 Å². The van der Waals surface area contributed by atoms with Gasteiger partial charge >= 0.3 is 0 Å². The molecule has 1 aliphatic rings. The van der Waals surface area contributed by atoms with Crippen molar-refractivity contribution >= 4 is 5.69 Å². The van der Waals surface area contributed by atoms with Gasteiger partial charge in [0.15, 0.2) is 0 Å². The summed E-state index contributed by atoms with van der Waals surface area (Å²) < 4.78 is 0. The lowest BCUT2D eigenvalue weighted by molar-refractivity contribution is 0.611. The molecule has 0 heterocycles. The number of hydrogen-bond acceptors (Lipinski definition) is 2. The Balaban J connectivity index is 1.79.